The van der Waals surface area contributed by atoms with Gasteiger partial charge in [-0.2, -0.15) is 0 Å². The molecule has 0 aliphatic carbocycles. The maximum absolute atomic E-state index is 12.0. The van der Waals surface area contributed by atoms with Crippen molar-refractivity contribution in [2.24, 2.45) is 0 Å². The molecule has 1 amide bonds. The molecule has 6 nitrogen and oxygen atoms in total. The molecule has 0 atom stereocenters. The number of thioether (sulfide) groups is 1. The molecule has 1 aromatic heterocycles. The number of carbonyl (C=O) groups is 1. The number of carbonyl (C=O) groups excluding carboxylic acids is 1. The van der Waals surface area contributed by atoms with Gasteiger partial charge in [0.2, 0.25) is 5.91 Å². The van der Waals surface area contributed by atoms with E-state index in [-0.39, 0.29) is 17.7 Å². The second kappa shape index (κ2) is 8.05. The first-order chi connectivity index (χ1) is 12.5. The van der Waals surface area contributed by atoms with Crippen molar-refractivity contribution in [1.29, 1.82) is 0 Å². The van der Waals surface area contributed by atoms with Gasteiger partial charge in [0.1, 0.15) is 0 Å². The molecule has 0 spiro atoms. The highest BCUT2D eigenvalue weighted by Gasteiger charge is 2.17. The molecular formula is C19H21N5OS. The van der Waals surface area contributed by atoms with Crippen molar-refractivity contribution in [3.63, 3.8) is 0 Å². The highest BCUT2D eigenvalue weighted by Crippen LogP contribution is 2.28. The normalized spacial score (nSPS) is 10.9. The van der Waals surface area contributed by atoms with E-state index in [9.17, 15) is 4.79 Å². The Kier molecular flexibility index (Phi) is 5.58. The van der Waals surface area contributed by atoms with E-state index in [0.29, 0.717) is 16.7 Å². The number of benzene rings is 2. The minimum Gasteiger partial charge on any atom is -0.399 e. The predicted octanol–water partition coefficient (Wildman–Crippen LogP) is 3.13. The van der Waals surface area contributed by atoms with Crippen LogP contribution in [0.25, 0.3) is 17.1 Å². The lowest BCUT2D eigenvalue weighted by Crippen LogP contribution is -2.31. The highest BCUT2D eigenvalue weighted by molar-refractivity contribution is 7.99. The van der Waals surface area contributed by atoms with Gasteiger partial charge >= 0.3 is 0 Å². The molecule has 1 heterocycles. The van der Waals surface area contributed by atoms with Gasteiger partial charge in [0.05, 0.1) is 5.75 Å². The molecule has 3 N–H and O–H groups in total. The number of aromatic nitrogens is 3. The van der Waals surface area contributed by atoms with E-state index >= 15 is 0 Å². The van der Waals surface area contributed by atoms with Crippen LogP contribution in [0.4, 0.5) is 5.69 Å². The maximum atomic E-state index is 12.0. The summed E-state index contributed by atoms with van der Waals surface area (Å²) in [5, 5.41) is 12.2. The lowest BCUT2D eigenvalue weighted by atomic mass is 10.2. The SMILES string of the molecule is CC(C)NC(=O)CSc1nnc(-c2ccc(N)cc2)n1-c1ccccc1. The summed E-state index contributed by atoms with van der Waals surface area (Å²) in [7, 11) is 0. The van der Waals surface area contributed by atoms with Crippen LogP contribution in [0.5, 0.6) is 0 Å². The second-order valence-electron chi connectivity index (χ2n) is 6.11. The summed E-state index contributed by atoms with van der Waals surface area (Å²) >= 11 is 1.36. The van der Waals surface area contributed by atoms with E-state index in [2.05, 4.69) is 15.5 Å². The first-order valence-corrected chi connectivity index (χ1v) is 9.32. The Labute approximate surface area is 156 Å². The highest BCUT2D eigenvalue weighted by atomic mass is 32.2. The van der Waals surface area contributed by atoms with Gasteiger partial charge < -0.3 is 11.1 Å². The molecule has 3 rings (SSSR count). The van der Waals surface area contributed by atoms with Gasteiger partial charge in [0, 0.05) is 23.0 Å². The van der Waals surface area contributed by atoms with Crippen LogP contribution in [0.15, 0.2) is 59.8 Å². The number of nitrogen functional groups attached to an aromatic ring is 1. The molecule has 0 bridgehead atoms. The monoisotopic (exact) mass is 367 g/mol. The Morgan fingerprint density at radius 1 is 1.12 bits per heavy atom. The number of hydrogen-bond acceptors (Lipinski definition) is 5. The lowest BCUT2D eigenvalue weighted by Gasteiger charge is -2.11. The van der Waals surface area contributed by atoms with E-state index in [1.54, 1.807) is 0 Å². The van der Waals surface area contributed by atoms with Gasteiger partial charge in [-0.1, -0.05) is 30.0 Å². The summed E-state index contributed by atoms with van der Waals surface area (Å²) in [5.74, 6) is 0.967. The number of para-hydroxylation sites is 1. The quantitative estimate of drug-likeness (QED) is 0.516. The Morgan fingerprint density at radius 3 is 2.46 bits per heavy atom. The molecule has 2 aromatic carbocycles. The fourth-order valence-corrected chi connectivity index (χ4v) is 3.25. The van der Waals surface area contributed by atoms with Crippen LogP contribution < -0.4 is 11.1 Å². The summed E-state index contributed by atoms with van der Waals surface area (Å²) in [6.45, 7) is 3.88. The molecule has 0 aliphatic rings. The number of anilines is 1. The van der Waals surface area contributed by atoms with Crippen LogP contribution in [0.1, 0.15) is 13.8 Å². The topological polar surface area (TPSA) is 85.8 Å². The molecule has 3 aromatic rings. The standard InChI is InChI=1S/C19H21N5OS/c1-13(2)21-17(25)12-26-19-23-22-18(14-8-10-15(20)11-9-14)24(19)16-6-4-3-5-7-16/h3-11,13H,12,20H2,1-2H3,(H,21,25). The van der Waals surface area contributed by atoms with Gasteiger partial charge in [-0.15, -0.1) is 10.2 Å². The van der Waals surface area contributed by atoms with Crippen LogP contribution in [0.3, 0.4) is 0 Å². The Hall–Kier alpha value is -2.80. The van der Waals surface area contributed by atoms with Crippen LogP contribution in [-0.2, 0) is 4.79 Å². The molecule has 134 valence electrons. The summed E-state index contributed by atoms with van der Waals surface area (Å²) in [6.07, 6.45) is 0. The third-order valence-corrected chi connectivity index (χ3v) is 4.53. The average Bonchev–Trinajstić information content (AvgIpc) is 3.05. The summed E-state index contributed by atoms with van der Waals surface area (Å²) in [5.41, 5.74) is 8.33. The zero-order chi connectivity index (χ0) is 18.5. The third kappa shape index (κ3) is 4.23. The second-order valence-corrected chi connectivity index (χ2v) is 7.05. The van der Waals surface area contributed by atoms with Gasteiger partial charge in [-0.25, -0.2) is 0 Å². The molecule has 0 aliphatic heterocycles. The number of nitrogens with one attached hydrogen (secondary N) is 1. The molecule has 26 heavy (non-hydrogen) atoms. The largest absolute Gasteiger partial charge is 0.399 e. The minimum atomic E-state index is -0.0263. The average molecular weight is 367 g/mol. The minimum absolute atomic E-state index is 0.0263. The van der Waals surface area contributed by atoms with E-state index in [1.807, 2.05) is 73.0 Å². The van der Waals surface area contributed by atoms with Crippen molar-refractivity contribution in [1.82, 2.24) is 20.1 Å². The number of nitrogens with two attached hydrogens (primary N) is 1. The smallest absolute Gasteiger partial charge is 0.230 e. The van der Waals surface area contributed by atoms with Crippen molar-refractivity contribution < 1.29 is 4.79 Å². The molecule has 7 heteroatoms. The first-order valence-electron chi connectivity index (χ1n) is 8.33. The zero-order valence-corrected chi connectivity index (χ0v) is 15.5. The number of rotatable bonds is 6. The molecule has 0 saturated carbocycles. The van der Waals surface area contributed by atoms with E-state index < -0.39 is 0 Å². The lowest BCUT2D eigenvalue weighted by molar-refractivity contribution is -0.119. The molecule has 0 saturated heterocycles. The fraction of sp³-hybridized carbons (Fsp3) is 0.211. The van der Waals surface area contributed by atoms with Gasteiger partial charge in [0.15, 0.2) is 11.0 Å². The third-order valence-electron chi connectivity index (χ3n) is 3.60. The Balaban J connectivity index is 1.95. The van der Waals surface area contributed by atoms with Gasteiger partial charge in [-0.3, -0.25) is 9.36 Å². The molecule has 0 fully saturated rings. The Morgan fingerprint density at radius 2 is 1.81 bits per heavy atom. The maximum Gasteiger partial charge on any atom is 0.230 e. The van der Waals surface area contributed by atoms with Crippen LogP contribution in [0, 0.1) is 0 Å². The Bertz CT molecular complexity index is 875. The number of nitrogens with zero attached hydrogens (tertiary/aromatic N) is 3. The van der Waals surface area contributed by atoms with Gasteiger partial charge in [-0.05, 0) is 50.2 Å². The zero-order valence-electron chi connectivity index (χ0n) is 14.7. The molecular weight excluding hydrogens is 346 g/mol. The summed E-state index contributed by atoms with van der Waals surface area (Å²) in [6, 6.07) is 17.5. The molecule has 0 unspecified atom stereocenters. The van der Waals surface area contributed by atoms with Crippen molar-refractivity contribution in [2.45, 2.75) is 25.0 Å². The molecule has 0 radical (unpaired) electrons. The van der Waals surface area contributed by atoms with Crippen LogP contribution >= 0.6 is 11.8 Å². The van der Waals surface area contributed by atoms with E-state index in [1.165, 1.54) is 11.8 Å². The van der Waals surface area contributed by atoms with E-state index in [4.69, 9.17) is 5.73 Å². The van der Waals surface area contributed by atoms with Crippen molar-refractivity contribution in [2.75, 3.05) is 11.5 Å². The van der Waals surface area contributed by atoms with Gasteiger partial charge in [0.25, 0.3) is 0 Å². The first kappa shape index (κ1) is 18.0. The number of hydrogen-bond donors (Lipinski definition) is 2. The van der Waals surface area contributed by atoms with E-state index in [0.717, 1.165) is 11.3 Å². The van der Waals surface area contributed by atoms with Crippen molar-refractivity contribution in [3.05, 3.63) is 54.6 Å². The van der Waals surface area contributed by atoms with Crippen molar-refractivity contribution in [3.8, 4) is 17.1 Å². The summed E-state index contributed by atoms with van der Waals surface area (Å²) in [4.78, 5) is 12.0. The fourth-order valence-electron chi connectivity index (χ4n) is 2.49. The van der Waals surface area contributed by atoms with Crippen molar-refractivity contribution >= 4 is 23.4 Å². The summed E-state index contributed by atoms with van der Waals surface area (Å²) < 4.78 is 1.96. The van der Waals surface area contributed by atoms with Crippen LogP contribution in [-0.4, -0.2) is 32.5 Å². The predicted molar refractivity (Wildman–Crippen MR) is 105 cm³/mol. The van der Waals surface area contributed by atoms with Crippen LogP contribution in [0.2, 0.25) is 0 Å². The number of amides is 1.